The molecule has 102 valence electrons. The van der Waals surface area contributed by atoms with Gasteiger partial charge < -0.3 is 15.2 Å². The molecule has 1 saturated carbocycles. The number of hydrogen-bond acceptors (Lipinski definition) is 3. The van der Waals surface area contributed by atoms with Crippen LogP contribution in [-0.2, 0) is 11.2 Å². The standard InChI is InChI=1S/C15H19NO3/c1-9(17)16-15(12-7-13(18)8-12)11-2-3-14-10(6-11)4-5-19-14/h2-3,6,12-13,15,18H,4-5,7-8H2,1H3,(H,16,17). The lowest BCUT2D eigenvalue weighted by molar-refractivity contribution is -0.120. The summed E-state index contributed by atoms with van der Waals surface area (Å²) in [5, 5.41) is 12.5. The highest BCUT2D eigenvalue weighted by Gasteiger charge is 2.35. The predicted octanol–water partition coefficient (Wildman–Crippen LogP) is 1.57. The van der Waals surface area contributed by atoms with Crippen molar-refractivity contribution in [2.75, 3.05) is 6.61 Å². The molecule has 2 N–H and O–H groups in total. The molecule has 3 rings (SSSR count). The van der Waals surface area contributed by atoms with E-state index in [4.69, 9.17) is 4.74 Å². The lowest BCUT2D eigenvalue weighted by Gasteiger charge is -2.38. The maximum atomic E-state index is 11.4. The molecular weight excluding hydrogens is 242 g/mol. The molecule has 1 fully saturated rings. The number of aliphatic hydroxyl groups is 1. The van der Waals surface area contributed by atoms with Crippen LogP contribution in [-0.4, -0.2) is 23.7 Å². The van der Waals surface area contributed by atoms with Gasteiger partial charge in [0.15, 0.2) is 0 Å². The number of hydrogen-bond donors (Lipinski definition) is 2. The van der Waals surface area contributed by atoms with Crippen LogP contribution in [0.4, 0.5) is 0 Å². The van der Waals surface area contributed by atoms with Crippen molar-refractivity contribution in [3.05, 3.63) is 29.3 Å². The van der Waals surface area contributed by atoms with Gasteiger partial charge in [0.1, 0.15) is 5.75 Å². The minimum absolute atomic E-state index is 0.00630. The third-order valence-electron chi connectivity index (χ3n) is 4.05. The molecule has 0 spiro atoms. The minimum Gasteiger partial charge on any atom is -0.493 e. The second kappa shape index (κ2) is 4.85. The van der Waals surface area contributed by atoms with Gasteiger partial charge in [0.25, 0.3) is 0 Å². The van der Waals surface area contributed by atoms with Crippen LogP contribution in [0.25, 0.3) is 0 Å². The zero-order valence-corrected chi connectivity index (χ0v) is 11.1. The third-order valence-corrected chi connectivity index (χ3v) is 4.05. The van der Waals surface area contributed by atoms with Crippen LogP contribution in [0.15, 0.2) is 18.2 Å². The van der Waals surface area contributed by atoms with E-state index in [1.807, 2.05) is 12.1 Å². The summed E-state index contributed by atoms with van der Waals surface area (Å²) in [6, 6.07) is 6.15. The van der Waals surface area contributed by atoms with Crippen molar-refractivity contribution < 1.29 is 14.6 Å². The molecule has 1 aromatic rings. The van der Waals surface area contributed by atoms with Gasteiger partial charge in [-0.2, -0.15) is 0 Å². The van der Waals surface area contributed by atoms with Crippen LogP contribution in [0, 0.1) is 5.92 Å². The Morgan fingerprint density at radius 1 is 1.47 bits per heavy atom. The Morgan fingerprint density at radius 2 is 2.26 bits per heavy atom. The van der Waals surface area contributed by atoms with E-state index in [1.54, 1.807) is 6.92 Å². The van der Waals surface area contributed by atoms with E-state index in [-0.39, 0.29) is 18.1 Å². The summed E-state index contributed by atoms with van der Waals surface area (Å²) in [6.07, 6.45) is 2.25. The summed E-state index contributed by atoms with van der Waals surface area (Å²) in [6.45, 7) is 2.28. The van der Waals surface area contributed by atoms with Gasteiger partial charge >= 0.3 is 0 Å². The molecule has 0 saturated heterocycles. The molecule has 1 aliphatic carbocycles. The maximum absolute atomic E-state index is 11.4. The predicted molar refractivity (Wildman–Crippen MR) is 70.9 cm³/mol. The van der Waals surface area contributed by atoms with Crippen LogP contribution >= 0.6 is 0 Å². The van der Waals surface area contributed by atoms with E-state index in [9.17, 15) is 9.90 Å². The fourth-order valence-electron chi connectivity index (χ4n) is 2.99. The number of amides is 1. The van der Waals surface area contributed by atoms with E-state index in [0.717, 1.165) is 37.2 Å². The van der Waals surface area contributed by atoms with Crippen LogP contribution in [0.2, 0.25) is 0 Å². The summed E-state index contributed by atoms with van der Waals surface area (Å²) >= 11 is 0. The smallest absolute Gasteiger partial charge is 0.217 e. The quantitative estimate of drug-likeness (QED) is 0.868. The second-order valence-electron chi connectivity index (χ2n) is 5.53. The molecule has 4 heteroatoms. The summed E-state index contributed by atoms with van der Waals surface area (Å²) in [5.41, 5.74) is 2.34. The highest BCUT2D eigenvalue weighted by Crippen LogP contribution is 2.39. The second-order valence-corrected chi connectivity index (χ2v) is 5.53. The number of benzene rings is 1. The van der Waals surface area contributed by atoms with Gasteiger partial charge in [-0.1, -0.05) is 6.07 Å². The number of nitrogens with one attached hydrogen (secondary N) is 1. The molecule has 0 radical (unpaired) electrons. The van der Waals surface area contributed by atoms with E-state index in [1.165, 1.54) is 5.56 Å². The Bertz CT molecular complexity index is 494. The molecule has 2 aliphatic rings. The summed E-state index contributed by atoms with van der Waals surface area (Å²) in [7, 11) is 0. The van der Waals surface area contributed by atoms with Crippen LogP contribution in [0.5, 0.6) is 5.75 Å². The summed E-state index contributed by atoms with van der Waals surface area (Å²) in [5.74, 6) is 1.27. The first-order chi connectivity index (χ1) is 9.13. The van der Waals surface area contributed by atoms with E-state index in [2.05, 4.69) is 11.4 Å². The molecule has 1 unspecified atom stereocenters. The summed E-state index contributed by atoms with van der Waals surface area (Å²) in [4.78, 5) is 11.4. The average Bonchev–Trinajstić information content (AvgIpc) is 2.79. The first-order valence-corrected chi connectivity index (χ1v) is 6.84. The Labute approximate surface area is 112 Å². The zero-order chi connectivity index (χ0) is 13.4. The molecule has 19 heavy (non-hydrogen) atoms. The van der Waals surface area contributed by atoms with Gasteiger partial charge in [-0.05, 0) is 42.0 Å². The Kier molecular flexibility index (Phi) is 3.19. The number of carbonyl (C=O) groups excluding carboxylic acids is 1. The van der Waals surface area contributed by atoms with Crippen molar-refractivity contribution >= 4 is 5.91 Å². The number of ether oxygens (including phenoxy) is 1. The fraction of sp³-hybridized carbons (Fsp3) is 0.533. The monoisotopic (exact) mass is 261 g/mol. The Balaban J connectivity index is 1.84. The van der Waals surface area contributed by atoms with Crippen LogP contribution < -0.4 is 10.1 Å². The third kappa shape index (κ3) is 2.45. The van der Waals surface area contributed by atoms with Gasteiger partial charge in [-0.15, -0.1) is 0 Å². The number of fused-ring (bicyclic) bond motifs is 1. The Hall–Kier alpha value is -1.55. The van der Waals surface area contributed by atoms with Gasteiger partial charge in [-0.3, -0.25) is 4.79 Å². The van der Waals surface area contributed by atoms with Crippen LogP contribution in [0.3, 0.4) is 0 Å². The molecular formula is C15H19NO3. The fourth-order valence-corrected chi connectivity index (χ4v) is 2.99. The van der Waals surface area contributed by atoms with Gasteiger partial charge in [0, 0.05) is 13.3 Å². The largest absolute Gasteiger partial charge is 0.493 e. The first-order valence-electron chi connectivity index (χ1n) is 6.84. The Morgan fingerprint density at radius 3 is 2.95 bits per heavy atom. The maximum Gasteiger partial charge on any atom is 0.217 e. The number of aliphatic hydroxyl groups excluding tert-OH is 1. The molecule has 1 aliphatic heterocycles. The molecule has 0 aromatic heterocycles. The lowest BCUT2D eigenvalue weighted by Crippen LogP contribution is -2.40. The van der Waals surface area contributed by atoms with Gasteiger partial charge in [-0.25, -0.2) is 0 Å². The highest BCUT2D eigenvalue weighted by atomic mass is 16.5. The van der Waals surface area contributed by atoms with Crippen LogP contribution in [0.1, 0.15) is 36.9 Å². The first kappa shape index (κ1) is 12.5. The molecule has 1 heterocycles. The normalized spacial score (nSPS) is 26.0. The lowest BCUT2D eigenvalue weighted by atomic mass is 9.75. The van der Waals surface area contributed by atoms with E-state index < -0.39 is 0 Å². The van der Waals surface area contributed by atoms with Crippen molar-refractivity contribution in [3.63, 3.8) is 0 Å². The van der Waals surface area contributed by atoms with Crippen molar-refractivity contribution in [2.45, 2.75) is 38.3 Å². The number of rotatable bonds is 3. The van der Waals surface area contributed by atoms with Crippen molar-refractivity contribution in [1.29, 1.82) is 0 Å². The molecule has 1 aromatic carbocycles. The summed E-state index contributed by atoms with van der Waals surface area (Å²) < 4.78 is 5.50. The number of carbonyl (C=O) groups is 1. The average molecular weight is 261 g/mol. The van der Waals surface area contributed by atoms with E-state index in [0.29, 0.717) is 5.92 Å². The van der Waals surface area contributed by atoms with Crippen molar-refractivity contribution in [2.24, 2.45) is 5.92 Å². The molecule has 1 atom stereocenters. The molecule has 1 amide bonds. The highest BCUT2D eigenvalue weighted by molar-refractivity contribution is 5.73. The van der Waals surface area contributed by atoms with Gasteiger partial charge in [0.05, 0.1) is 18.8 Å². The molecule has 0 bridgehead atoms. The SMILES string of the molecule is CC(=O)NC(c1ccc2c(c1)CCO2)C1CC(O)C1. The van der Waals surface area contributed by atoms with Crippen molar-refractivity contribution in [1.82, 2.24) is 5.32 Å². The molecule has 4 nitrogen and oxygen atoms in total. The van der Waals surface area contributed by atoms with E-state index >= 15 is 0 Å². The minimum atomic E-state index is -0.209. The topological polar surface area (TPSA) is 58.6 Å². The van der Waals surface area contributed by atoms with Gasteiger partial charge in [0.2, 0.25) is 5.91 Å². The zero-order valence-electron chi connectivity index (χ0n) is 11.1. The van der Waals surface area contributed by atoms with Crippen molar-refractivity contribution in [3.8, 4) is 5.75 Å².